The molecule has 0 atom stereocenters. The summed E-state index contributed by atoms with van der Waals surface area (Å²) in [6, 6.07) is 3.69. The molecule has 1 rings (SSSR count). The van der Waals surface area contributed by atoms with Crippen molar-refractivity contribution < 1.29 is 5.11 Å². The largest absolute Gasteiger partial charge is 0.395 e. The van der Waals surface area contributed by atoms with Gasteiger partial charge >= 0.3 is 0 Å². The molecule has 0 saturated carbocycles. The van der Waals surface area contributed by atoms with Gasteiger partial charge in [-0.05, 0) is 12.1 Å². The summed E-state index contributed by atoms with van der Waals surface area (Å²) >= 11 is 0. The Morgan fingerprint density at radius 2 is 2.42 bits per heavy atom. The molecule has 0 aliphatic rings. The van der Waals surface area contributed by atoms with E-state index < -0.39 is 0 Å². The average Bonchev–Trinajstić information content (AvgIpc) is 2.05. The third kappa shape index (κ3) is 1.85. The molecular weight excluding hydrogens is 154 g/mol. The number of rotatable bonds is 3. The highest BCUT2D eigenvalue weighted by atomic mass is 16.3. The summed E-state index contributed by atoms with van der Waals surface area (Å²) in [5.41, 5.74) is 6.47. The molecule has 0 aliphatic heterocycles. The van der Waals surface area contributed by atoms with Crippen LogP contribution in [0.1, 0.15) is 0 Å². The zero-order valence-electron chi connectivity index (χ0n) is 7.07. The lowest BCUT2D eigenvalue weighted by atomic mass is 10.3. The zero-order chi connectivity index (χ0) is 8.97. The molecule has 0 aliphatic carbocycles. The van der Waals surface area contributed by atoms with E-state index in [2.05, 4.69) is 4.98 Å². The van der Waals surface area contributed by atoms with Crippen molar-refractivity contribution in [3.8, 4) is 0 Å². The van der Waals surface area contributed by atoms with Crippen LogP contribution in [0, 0.1) is 0 Å². The minimum absolute atomic E-state index is 0.116. The van der Waals surface area contributed by atoms with Crippen molar-refractivity contribution in [2.75, 3.05) is 30.8 Å². The molecule has 4 nitrogen and oxygen atoms in total. The number of hydrogen-bond donors (Lipinski definition) is 2. The topological polar surface area (TPSA) is 62.4 Å². The molecular formula is C8H13N3O. The van der Waals surface area contributed by atoms with Gasteiger partial charge in [-0.2, -0.15) is 0 Å². The second-order valence-electron chi connectivity index (χ2n) is 2.55. The summed E-state index contributed by atoms with van der Waals surface area (Å²) in [5.74, 6) is 0.494. The quantitative estimate of drug-likeness (QED) is 0.670. The summed E-state index contributed by atoms with van der Waals surface area (Å²) in [6.07, 6.45) is 1.64. The van der Waals surface area contributed by atoms with Gasteiger partial charge in [0.2, 0.25) is 0 Å². The molecule has 3 N–H and O–H groups in total. The lowest BCUT2D eigenvalue weighted by Crippen LogP contribution is -2.22. The van der Waals surface area contributed by atoms with Crippen LogP contribution in [0.4, 0.5) is 11.5 Å². The molecule has 0 spiro atoms. The van der Waals surface area contributed by atoms with Crippen molar-refractivity contribution in [3.05, 3.63) is 18.3 Å². The van der Waals surface area contributed by atoms with E-state index in [-0.39, 0.29) is 6.61 Å². The van der Waals surface area contributed by atoms with Gasteiger partial charge < -0.3 is 15.7 Å². The van der Waals surface area contributed by atoms with Crippen molar-refractivity contribution in [1.29, 1.82) is 0 Å². The van der Waals surface area contributed by atoms with Gasteiger partial charge in [0.25, 0.3) is 0 Å². The standard InChI is InChI=1S/C8H13N3O/c1-11(5-6-12)7-3-2-4-10-8(7)9/h2-4,12H,5-6H2,1H3,(H2,9,10). The van der Waals surface area contributed by atoms with E-state index in [9.17, 15) is 0 Å². The first-order chi connectivity index (χ1) is 5.75. The lowest BCUT2D eigenvalue weighted by molar-refractivity contribution is 0.304. The number of anilines is 2. The minimum atomic E-state index is 0.116. The van der Waals surface area contributed by atoms with Gasteiger partial charge in [0.1, 0.15) is 5.82 Å². The van der Waals surface area contributed by atoms with E-state index in [4.69, 9.17) is 10.8 Å². The number of nitrogens with zero attached hydrogens (tertiary/aromatic N) is 2. The van der Waals surface area contributed by atoms with Gasteiger partial charge in [-0.25, -0.2) is 4.98 Å². The third-order valence-corrected chi connectivity index (χ3v) is 1.66. The van der Waals surface area contributed by atoms with Crippen LogP contribution < -0.4 is 10.6 Å². The fraction of sp³-hybridized carbons (Fsp3) is 0.375. The van der Waals surface area contributed by atoms with E-state index in [1.807, 2.05) is 24.1 Å². The Kier molecular flexibility index (Phi) is 2.88. The highest BCUT2D eigenvalue weighted by molar-refractivity contribution is 5.62. The number of likely N-dealkylation sites (N-methyl/N-ethyl adjacent to an activating group) is 1. The van der Waals surface area contributed by atoms with Gasteiger partial charge in [0.15, 0.2) is 0 Å². The maximum Gasteiger partial charge on any atom is 0.146 e. The van der Waals surface area contributed by atoms with Crippen LogP contribution in [0.5, 0.6) is 0 Å². The number of aliphatic hydroxyl groups excluding tert-OH is 1. The fourth-order valence-electron chi connectivity index (χ4n) is 1.00. The predicted molar refractivity (Wildman–Crippen MR) is 49.0 cm³/mol. The molecule has 0 radical (unpaired) electrons. The number of hydrogen-bond acceptors (Lipinski definition) is 4. The Morgan fingerprint density at radius 3 is 3.00 bits per heavy atom. The summed E-state index contributed by atoms with van der Waals surface area (Å²) in [7, 11) is 1.86. The number of nitrogens with two attached hydrogens (primary N) is 1. The Labute approximate surface area is 71.6 Å². The molecule has 1 aromatic rings. The first-order valence-electron chi connectivity index (χ1n) is 3.78. The van der Waals surface area contributed by atoms with Crippen LogP contribution in [0.25, 0.3) is 0 Å². The van der Waals surface area contributed by atoms with Crippen molar-refractivity contribution in [2.45, 2.75) is 0 Å². The van der Waals surface area contributed by atoms with E-state index in [1.165, 1.54) is 0 Å². The van der Waals surface area contributed by atoms with Gasteiger partial charge in [0.05, 0.1) is 12.3 Å². The number of aromatic nitrogens is 1. The van der Waals surface area contributed by atoms with Gasteiger partial charge in [0, 0.05) is 19.8 Å². The van der Waals surface area contributed by atoms with Crippen LogP contribution in [0.2, 0.25) is 0 Å². The highest BCUT2D eigenvalue weighted by Crippen LogP contribution is 2.17. The molecule has 1 heterocycles. The molecule has 0 unspecified atom stereocenters. The number of aliphatic hydroxyl groups is 1. The smallest absolute Gasteiger partial charge is 0.146 e. The molecule has 0 aromatic carbocycles. The van der Waals surface area contributed by atoms with Gasteiger partial charge in [-0.15, -0.1) is 0 Å². The van der Waals surface area contributed by atoms with Gasteiger partial charge in [-0.3, -0.25) is 0 Å². The molecule has 0 bridgehead atoms. The van der Waals surface area contributed by atoms with Crippen LogP contribution in [0.15, 0.2) is 18.3 Å². The minimum Gasteiger partial charge on any atom is -0.395 e. The van der Waals surface area contributed by atoms with Gasteiger partial charge in [-0.1, -0.05) is 0 Å². The maximum absolute atomic E-state index is 8.69. The Hall–Kier alpha value is -1.29. The van der Waals surface area contributed by atoms with Crippen molar-refractivity contribution in [1.82, 2.24) is 4.98 Å². The van der Waals surface area contributed by atoms with Crippen molar-refractivity contribution in [2.24, 2.45) is 0 Å². The van der Waals surface area contributed by atoms with E-state index >= 15 is 0 Å². The van der Waals surface area contributed by atoms with Crippen LogP contribution >= 0.6 is 0 Å². The van der Waals surface area contributed by atoms with E-state index in [1.54, 1.807) is 6.20 Å². The second kappa shape index (κ2) is 3.92. The van der Waals surface area contributed by atoms with Crippen LogP contribution in [-0.4, -0.2) is 30.3 Å². The zero-order valence-corrected chi connectivity index (χ0v) is 7.07. The predicted octanol–water partition coefficient (Wildman–Crippen LogP) is 0.0923. The molecule has 1 aromatic heterocycles. The Balaban J connectivity index is 2.79. The molecule has 0 saturated heterocycles. The summed E-state index contributed by atoms with van der Waals surface area (Å²) < 4.78 is 0. The first-order valence-corrected chi connectivity index (χ1v) is 3.78. The monoisotopic (exact) mass is 167 g/mol. The third-order valence-electron chi connectivity index (χ3n) is 1.66. The SMILES string of the molecule is CN(CCO)c1cccnc1N. The molecule has 0 fully saturated rings. The van der Waals surface area contributed by atoms with E-state index in [0.29, 0.717) is 12.4 Å². The number of pyridine rings is 1. The average molecular weight is 167 g/mol. The molecule has 0 amide bonds. The van der Waals surface area contributed by atoms with Crippen LogP contribution in [-0.2, 0) is 0 Å². The first kappa shape index (κ1) is 8.80. The highest BCUT2D eigenvalue weighted by Gasteiger charge is 2.03. The van der Waals surface area contributed by atoms with E-state index in [0.717, 1.165) is 5.69 Å². The van der Waals surface area contributed by atoms with Crippen LogP contribution in [0.3, 0.4) is 0 Å². The summed E-state index contributed by atoms with van der Waals surface area (Å²) in [6.45, 7) is 0.681. The fourth-order valence-corrected chi connectivity index (χ4v) is 1.00. The van der Waals surface area contributed by atoms with Crippen molar-refractivity contribution >= 4 is 11.5 Å². The number of nitrogen functional groups attached to an aromatic ring is 1. The Bertz CT molecular complexity index is 252. The summed E-state index contributed by atoms with van der Waals surface area (Å²) in [5, 5.41) is 8.69. The maximum atomic E-state index is 8.69. The normalized spacial score (nSPS) is 9.83. The molecule has 4 heteroatoms. The molecule has 66 valence electrons. The van der Waals surface area contributed by atoms with Crippen molar-refractivity contribution in [3.63, 3.8) is 0 Å². The molecule has 12 heavy (non-hydrogen) atoms. The Morgan fingerprint density at radius 1 is 1.67 bits per heavy atom. The second-order valence-corrected chi connectivity index (χ2v) is 2.55. The lowest BCUT2D eigenvalue weighted by Gasteiger charge is -2.18. The summed E-state index contributed by atoms with van der Waals surface area (Å²) in [4.78, 5) is 5.80.